The Kier molecular flexibility index (Phi) is 5.02. The van der Waals surface area contributed by atoms with Crippen molar-refractivity contribution in [2.24, 2.45) is 0 Å². The van der Waals surface area contributed by atoms with Crippen molar-refractivity contribution in [2.45, 2.75) is 58.2 Å². The van der Waals surface area contributed by atoms with E-state index < -0.39 is 11.1 Å². The van der Waals surface area contributed by atoms with Crippen LogP contribution in [0.3, 0.4) is 0 Å². The van der Waals surface area contributed by atoms with E-state index in [9.17, 15) is 9.59 Å². The third-order valence-electron chi connectivity index (χ3n) is 3.10. The van der Waals surface area contributed by atoms with Gasteiger partial charge >= 0.3 is 12.1 Å². The number of rotatable bonds is 3. The quantitative estimate of drug-likeness (QED) is 0.797. The van der Waals surface area contributed by atoms with E-state index in [2.05, 4.69) is 5.32 Å². The van der Waals surface area contributed by atoms with E-state index in [1.165, 1.54) is 7.11 Å². The fourth-order valence-electron chi connectivity index (χ4n) is 2.19. The second-order valence-corrected chi connectivity index (χ2v) is 6.67. The Bertz CT molecular complexity index is 374. The summed E-state index contributed by atoms with van der Waals surface area (Å²) in [6, 6.07) is 0.0663. The summed E-state index contributed by atoms with van der Waals surface area (Å²) in [6.07, 6.45) is 0.484. The molecule has 1 atom stereocenters. The van der Waals surface area contributed by atoms with Crippen molar-refractivity contribution in [1.82, 2.24) is 10.2 Å². The van der Waals surface area contributed by atoms with Gasteiger partial charge in [-0.1, -0.05) is 0 Å². The summed E-state index contributed by atoms with van der Waals surface area (Å²) < 4.78 is 10.1. The maximum atomic E-state index is 11.9. The topological polar surface area (TPSA) is 67.9 Å². The van der Waals surface area contributed by atoms with Crippen molar-refractivity contribution in [3.05, 3.63) is 0 Å². The highest BCUT2D eigenvalue weighted by molar-refractivity contribution is 5.79. The Labute approximate surface area is 120 Å². The first kappa shape index (κ1) is 16.8. The molecule has 1 N–H and O–H groups in total. The van der Waals surface area contributed by atoms with Crippen LogP contribution in [0.1, 0.15) is 41.0 Å². The van der Waals surface area contributed by atoms with Gasteiger partial charge in [0, 0.05) is 19.1 Å². The number of methoxy groups -OCH3 is 1. The van der Waals surface area contributed by atoms with Crippen LogP contribution in [0.2, 0.25) is 0 Å². The molecule has 1 rings (SSSR count). The Balaban J connectivity index is 2.52. The third-order valence-corrected chi connectivity index (χ3v) is 3.10. The minimum Gasteiger partial charge on any atom is -0.468 e. The molecular weight excluding hydrogens is 260 g/mol. The molecule has 116 valence electrons. The number of hydrogen-bond acceptors (Lipinski definition) is 5. The smallest absolute Gasteiger partial charge is 0.410 e. The largest absolute Gasteiger partial charge is 0.468 e. The molecule has 0 aromatic heterocycles. The molecule has 1 saturated heterocycles. The van der Waals surface area contributed by atoms with Crippen LogP contribution in [0.25, 0.3) is 0 Å². The van der Waals surface area contributed by atoms with Crippen LogP contribution >= 0.6 is 0 Å². The maximum absolute atomic E-state index is 11.9. The monoisotopic (exact) mass is 286 g/mol. The van der Waals surface area contributed by atoms with Crippen molar-refractivity contribution < 1.29 is 19.1 Å². The van der Waals surface area contributed by atoms with E-state index in [4.69, 9.17) is 9.47 Å². The lowest BCUT2D eigenvalue weighted by Gasteiger charge is -2.28. The number of likely N-dealkylation sites (tertiary alicyclic amines) is 1. The third kappa shape index (κ3) is 4.67. The summed E-state index contributed by atoms with van der Waals surface area (Å²) in [5.41, 5.74) is -1.25. The van der Waals surface area contributed by atoms with Gasteiger partial charge in [0.15, 0.2) is 0 Å². The van der Waals surface area contributed by atoms with Gasteiger partial charge in [0.25, 0.3) is 0 Å². The molecule has 0 bridgehead atoms. The van der Waals surface area contributed by atoms with Crippen LogP contribution in [0.15, 0.2) is 0 Å². The molecule has 1 amide bonds. The first-order chi connectivity index (χ1) is 9.05. The van der Waals surface area contributed by atoms with Gasteiger partial charge in [-0.15, -0.1) is 0 Å². The molecular formula is C14H26N2O4. The van der Waals surface area contributed by atoms with Crippen molar-refractivity contribution >= 4 is 12.1 Å². The van der Waals surface area contributed by atoms with Gasteiger partial charge in [-0.25, -0.2) is 4.79 Å². The molecule has 0 spiro atoms. The lowest BCUT2D eigenvalue weighted by atomic mass is 10.0. The molecule has 1 aliphatic rings. The van der Waals surface area contributed by atoms with Crippen LogP contribution in [0, 0.1) is 0 Å². The first-order valence-electron chi connectivity index (χ1n) is 6.89. The molecule has 6 heteroatoms. The Morgan fingerprint density at radius 2 is 1.80 bits per heavy atom. The normalized spacial score (nSPS) is 19.9. The molecule has 0 aromatic rings. The molecule has 6 nitrogen and oxygen atoms in total. The van der Waals surface area contributed by atoms with Crippen LogP contribution in [-0.2, 0) is 14.3 Å². The lowest BCUT2D eigenvalue weighted by Crippen LogP contribution is -2.53. The number of amides is 1. The number of hydrogen-bond donors (Lipinski definition) is 1. The number of ether oxygens (including phenoxy) is 2. The van der Waals surface area contributed by atoms with Gasteiger partial charge in [0.1, 0.15) is 11.1 Å². The zero-order chi connectivity index (χ0) is 15.6. The van der Waals surface area contributed by atoms with Gasteiger partial charge in [-0.2, -0.15) is 0 Å². The summed E-state index contributed by atoms with van der Waals surface area (Å²) in [6.45, 7) is 10.2. The number of nitrogens with zero attached hydrogens (tertiary/aromatic N) is 1. The van der Waals surface area contributed by atoms with Gasteiger partial charge in [0.2, 0.25) is 0 Å². The lowest BCUT2D eigenvalue weighted by molar-refractivity contribution is -0.147. The van der Waals surface area contributed by atoms with Crippen molar-refractivity contribution in [2.75, 3.05) is 20.2 Å². The average Bonchev–Trinajstić information content (AvgIpc) is 2.73. The van der Waals surface area contributed by atoms with Gasteiger partial charge in [-0.05, 0) is 41.0 Å². The summed E-state index contributed by atoms with van der Waals surface area (Å²) in [5.74, 6) is -0.312. The molecule has 0 saturated carbocycles. The standard InChI is InChI=1S/C14H26N2O4/c1-13(2,3)20-12(18)16-8-7-10(9-16)15-14(4,5)11(17)19-6/h10,15H,7-9H2,1-6H3. The van der Waals surface area contributed by atoms with Gasteiger partial charge in [0.05, 0.1) is 7.11 Å². The number of carbonyl (C=O) groups excluding carboxylic acids is 2. The Morgan fingerprint density at radius 3 is 2.30 bits per heavy atom. The van der Waals surface area contributed by atoms with E-state index in [1.807, 2.05) is 20.8 Å². The van der Waals surface area contributed by atoms with Crippen molar-refractivity contribution in [3.8, 4) is 0 Å². The van der Waals surface area contributed by atoms with Crippen LogP contribution in [-0.4, -0.2) is 54.3 Å². The molecule has 0 aromatic carbocycles. The van der Waals surface area contributed by atoms with Crippen LogP contribution in [0.5, 0.6) is 0 Å². The molecule has 1 fully saturated rings. The minimum atomic E-state index is -0.761. The SMILES string of the molecule is COC(=O)C(C)(C)NC1CCN(C(=O)OC(C)(C)C)C1. The second-order valence-electron chi connectivity index (χ2n) is 6.67. The fourth-order valence-corrected chi connectivity index (χ4v) is 2.19. The van der Waals surface area contributed by atoms with E-state index in [0.29, 0.717) is 13.1 Å². The van der Waals surface area contributed by atoms with E-state index in [-0.39, 0.29) is 18.1 Å². The highest BCUT2D eigenvalue weighted by atomic mass is 16.6. The zero-order valence-corrected chi connectivity index (χ0v) is 13.3. The molecule has 1 unspecified atom stereocenters. The molecule has 1 heterocycles. The summed E-state index contributed by atoms with van der Waals surface area (Å²) in [5, 5.41) is 3.23. The van der Waals surface area contributed by atoms with Gasteiger partial charge < -0.3 is 14.4 Å². The predicted molar refractivity (Wildman–Crippen MR) is 75.4 cm³/mol. The first-order valence-corrected chi connectivity index (χ1v) is 6.89. The number of esters is 1. The summed E-state index contributed by atoms with van der Waals surface area (Å²) in [4.78, 5) is 25.2. The average molecular weight is 286 g/mol. The van der Waals surface area contributed by atoms with E-state index in [0.717, 1.165) is 6.42 Å². The Morgan fingerprint density at radius 1 is 1.20 bits per heavy atom. The second kappa shape index (κ2) is 5.99. The molecule has 1 aliphatic heterocycles. The maximum Gasteiger partial charge on any atom is 0.410 e. The minimum absolute atomic E-state index is 0.0663. The van der Waals surface area contributed by atoms with E-state index >= 15 is 0 Å². The Hall–Kier alpha value is -1.30. The van der Waals surface area contributed by atoms with Crippen LogP contribution in [0.4, 0.5) is 4.79 Å². The van der Waals surface area contributed by atoms with Gasteiger partial charge in [-0.3, -0.25) is 10.1 Å². The van der Waals surface area contributed by atoms with Crippen molar-refractivity contribution in [3.63, 3.8) is 0 Å². The molecule has 20 heavy (non-hydrogen) atoms. The summed E-state index contributed by atoms with van der Waals surface area (Å²) in [7, 11) is 1.37. The molecule has 0 aliphatic carbocycles. The highest BCUT2D eigenvalue weighted by Gasteiger charge is 2.36. The van der Waals surface area contributed by atoms with Crippen LogP contribution < -0.4 is 5.32 Å². The van der Waals surface area contributed by atoms with Crippen molar-refractivity contribution in [1.29, 1.82) is 0 Å². The number of nitrogens with one attached hydrogen (secondary N) is 1. The summed E-state index contributed by atoms with van der Waals surface area (Å²) >= 11 is 0. The zero-order valence-electron chi connectivity index (χ0n) is 13.3. The molecule has 0 radical (unpaired) electrons. The predicted octanol–water partition coefficient (Wildman–Crippen LogP) is 1.54. The van der Waals surface area contributed by atoms with E-state index in [1.54, 1.807) is 18.7 Å². The highest BCUT2D eigenvalue weighted by Crippen LogP contribution is 2.17. The fraction of sp³-hybridized carbons (Fsp3) is 0.857. The number of carbonyl (C=O) groups is 2.